The molecule has 2 aliphatic rings. The van der Waals surface area contributed by atoms with E-state index in [0.29, 0.717) is 13.1 Å². The van der Waals surface area contributed by atoms with Gasteiger partial charge in [0.25, 0.3) is 0 Å². The van der Waals surface area contributed by atoms with Crippen LogP contribution in [0.1, 0.15) is 11.1 Å². The SMILES string of the molecule is O=C(OCc1ccccc1)[C@H]1[C@@H](O)[C@H](N2CCNCCNCCNCC2)CN1C(=O)OCc1ccccc1. The fraction of sp³-hybridized carbons (Fsp3) is 0.500. The quantitative estimate of drug-likeness (QED) is 0.402. The van der Waals surface area contributed by atoms with Crippen LogP contribution in [0.15, 0.2) is 60.7 Å². The standard InChI is InChI=1S/C28H39N5O5/c34-26-24(32-17-15-30-13-11-29-12-14-31-16-18-32)19-33(28(36)38-21-23-9-5-2-6-10-23)25(26)27(35)37-20-22-7-3-1-4-8-22/h1-10,24-26,29-31,34H,11-21H2/t24-,25-,26+/m1/s1. The van der Waals surface area contributed by atoms with Crippen molar-refractivity contribution >= 4 is 12.1 Å². The summed E-state index contributed by atoms with van der Waals surface area (Å²) in [5, 5.41) is 21.6. The van der Waals surface area contributed by atoms with Crippen molar-refractivity contribution in [2.45, 2.75) is 31.4 Å². The highest BCUT2D eigenvalue weighted by atomic mass is 16.6. The maximum absolute atomic E-state index is 13.3. The van der Waals surface area contributed by atoms with Gasteiger partial charge in [0.15, 0.2) is 6.04 Å². The summed E-state index contributed by atoms with van der Waals surface area (Å²) in [7, 11) is 0. The highest BCUT2D eigenvalue weighted by molar-refractivity contribution is 5.83. The molecule has 10 nitrogen and oxygen atoms in total. The summed E-state index contributed by atoms with van der Waals surface area (Å²) in [5.74, 6) is -0.641. The molecule has 3 atom stereocenters. The predicted octanol–water partition coefficient (Wildman–Crippen LogP) is 0.565. The summed E-state index contributed by atoms with van der Waals surface area (Å²) < 4.78 is 11.1. The van der Waals surface area contributed by atoms with Crippen LogP contribution in [-0.2, 0) is 27.5 Å². The van der Waals surface area contributed by atoms with Gasteiger partial charge in [0, 0.05) is 58.9 Å². The first-order valence-electron chi connectivity index (χ1n) is 13.4. The van der Waals surface area contributed by atoms with Gasteiger partial charge in [-0.15, -0.1) is 0 Å². The molecule has 10 heteroatoms. The minimum absolute atomic E-state index is 0.0616. The molecule has 0 bridgehead atoms. The second-order valence-electron chi connectivity index (χ2n) is 9.57. The van der Waals surface area contributed by atoms with E-state index in [9.17, 15) is 14.7 Å². The highest BCUT2D eigenvalue weighted by Gasteiger charge is 2.50. The largest absolute Gasteiger partial charge is 0.459 e. The van der Waals surface area contributed by atoms with Crippen LogP contribution in [0.3, 0.4) is 0 Å². The second kappa shape index (κ2) is 14.8. The number of ether oxygens (including phenoxy) is 2. The van der Waals surface area contributed by atoms with Crippen molar-refractivity contribution in [2.24, 2.45) is 0 Å². The average Bonchev–Trinajstić information content (AvgIpc) is 3.29. The molecule has 0 unspecified atom stereocenters. The zero-order valence-corrected chi connectivity index (χ0v) is 21.8. The van der Waals surface area contributed by atoms with E-state index in [4.69, 9.17) is 9.47 Å². The Hall–Kier alpha value is -3.02. The number of likely N-dealkylation sites (tertiary alicyclic amines) is 1. The summed E-state index contributed by atoms with van der Waals surface area (Å²) in [6.45, 7) is 6.54. The third kappa shape index (κ3) is 7.99. The molecule has 1 amide bonds. The molecule has 2 fully saturated rings. The Morgan fingerprint density at radius 3 is 1.82 bits per heavy atom. The fourth-order valence-corrected chi connectivity index (χ4v) is 4.84. The Balaban J connectivity index is 1.47. The molecular weight excluding hydrogens is 486 g/mol. The van der Waals surface area contributed by atoms with Gasteiger partial charge in [-0.2, -0.15) is 0 Å². The molecule has 4 N–H and O–H groups in total. The monoisotopic (exact) mass is 525 g/mol. The van der Waals surface area contributed by atoms with E-state index < -0.39 is 30.3 Å². The van der Waals surface area contributed by atoms with Crippen molar-refractivity contribution in [3.8, 4) is 0 Å². The van der Waals surface area contributed by atoms with Crippen LogP contribution in [0.2, 0.25) is 0 Å². The number of benzene rings is 2. The molecule has 2 saturated heterocycles. The Bertz CT molecular complexity index is 984. The molecule has 206 valence electrons. The Morgan fingerprint density at radius 1 is 0.763 bits per heavy atom. The maximum atomic E-state index is 13.3. The average molecular weight is 526 g/mol. The van der Waals surface area contributed by atoms with Crippen molar-refractivity contribution in [3.63, 3.8) is 0 Å². The number of nitrogens with zero attached hydrogens (tertiary/aromatic N) is 2. The number of carbonyl (C=O) groups is 2. The second-order valence-corrected chi connectivity index (χ2v) is 9.57. The molecular formula is C28H39N5O5. The summed E-state index contributed by atoms with van der Waals surface area (Å²) in [6.07, 6.45) is -1.76. The fourth-order valence-electron chi connectivity index (χ4n) is 4.84. The van der Waals surface area contributed by atoms with Crippen LogP contribution < -0.4 is 16.0 Å². The molecule has 4 rings (SSSR count). The first-order chi connectivity index (χ1) is 18.6. The molecule has 0 saturated carbocycles. The van der Waals surface area contributed by atoms with Gasteiger partial charge in [0.1, 0.15) is 19.3 Å². The smallest absolute Gasteiger partial charge is 0.410 e. The molecule has 0 spiro atoms. The van der Waals surface area contributed by atoms with Crippen molar-refractivity contribution in [1.29, 1.82) is 0 Å². The Morgan fingerprint density at radius 2 is 1.26 bits per heavy atom. The number of aliphatic hydroxyl groups is 1. The van der Waals surface area contributed by atoms with Gasteiger partial charge in [-0.25, -0.2) is 9.59 Å². The van der Waals surface area contributed by atoms with Crippen LogP contribution in [0.5, 0.6) is 0 Å². The maximum Gasteiger partial charge on any atom is 0.410 e. The molecule has 2 heterocycles. The first kappa shape index (κ1) is 28.0. The van der Waals surface area contributed by atoms with Crippen molar-refractivity contribution in [1.82, 2.24) is 25.8 Å². The van der Waals surface area contributed by atoms with Gasteiger partial charge in [0.2, 0.25) is 0 Å². The van der Waals surface area contributed by atoms with Crippen molar-refractivity contribution < 1.29 is 24.2 Å². The molecule has 38 heavy (non-hydrogen) atoms. The van der Waals surface area contributed by atoms with E-state index in [1.807, 2.05) is 60.7 Å². The number of amides is 1. The molecule has 2 aromatic carbocycles. The van der Waals surface area contributed by atoms with E-state index in [-0.39, 0.29) is 19.8 Å². The first-order valence-corrected chi connectivity index (χ1v) is 13.4. The third-order valence-electron chi connectivity index (χ3n) is 6.92. The molecule has 0 aromatic heterocycles. The van der Waals surface area contributed by atoms with E-state index in [2.05, 4.69) is 20.9 Å². The summed E-state index contributed by atoms with van der Waals surface area (Å²) in [4.78, 5) is 30.0. The predicted molar refractivity (Wildman–Crippen MR) is 143 cm³/mol. The summed E-state index contributed by atoms with van der Waals surface area (Å²) >= 11 is 0. The van der Waals surface area contributed by atoms with Gasteiger partial charge in [-0.3, -0.25) is 9.80 Å². The lowest BCUT2D eigenvalue weighted by atomic mass is 10.1. The number of esters is 1. The number of hydrogen-bond donors (Lipinski definition) is 4. The Labute approximate surface area is 224 Å². The zero-order chi connectivity index (χ0) is 26.6. The van der Waals surface area contributed by atoms with Crippen LogP contribution in [0, 0.1) is 0 Å². The molecule has 0 aliphatic carbocycles. The lowest BCUT2D eigenvalue weighted by Crippen LogP contribution is -2.51. The van der Waals surface area contributed by atoms with Gasteiger partial charge in [0.05, 0.1) is 6.04 Å². The van der Waals surface area contributed by atoms with Crippen LogP contribution in [0.4, 0.5) is 4.79 Å². The summed E-state index contributed by atoms with van der Waals surface area (Å²) in [6, 6.07) is 17.1. The normalized spacial score (nSPS) is 23.7. The molecule has 0 radical (unpaired) electrons. The molecule has 2 aliphatic heterocycles. The lowest BCUT2D eigenvalue weighted by molar-refractivity contribution is -0.153. The van der Waals surface area contributed by atoms with Crippen LogP contribution in [-0.4, -0.2) is 104 Å². The third-order valence-corrected chi connectivity index (χ3v) is 6.92. The van der Waals surface area contributed by atoms with E-state index in [0.717, 1.165) is 50.4 Å². The molecule has 2 aromatic rings. The van der Waals surface area contributed by atoms with E-state index in [1.165, 1.54) is 4.90 Å². The lowest BCUT2D eigenvalue weighted by Gasteiger charge is -2.31. The number of nitrogens with one attached hydrogen (secondary N) is 3. The minimum Gasteiger partial charge on any atom is -0.459 e. The van der Waals surface area contributed by atoms with Gasteiger partial charge in [-0.1, -0.05) is 60.7 Å². The highest BCUT2D eigenvalue weighted by Crippen LogP contribution is 2.26. The van der Waals surface area contributed by atoms with Crippen molar-refractivity contribution in [2.75, 3.05) is 58.9 Å². The van der Waals surface area contributed by atoms with Crippen LogP contribution >= 0.6 is 0 Å². The van der Waals surface area contributed by atoms with E-state index in [1.54, 1.807) is 0 Å². The minimum atomic E-state index is -1.15. The summed E-state index contributed by atoms with van der Waals surface area (Å²) in [5.41, 5.74) is 1.67. The van der Waals surface area contributed by atoms with Gasteiger partial charge >= 0.3 is 12.1 Å². The number of aliphatic hydroxyl groups excluding tert-OH is 1. The topological polar surface area (TPSA) is 115 Å². The number of carbonyl (C=O) groups excluding carboxylic acids is 2. The van der Waals surface area contributed by atoms with E-state index >= 15 is 0 Å². The Kier molecular flexibility index (Phi) is 10.9. The van der Waals surface area contributed by atoms with Gasteiger partial charge < -0.3 is 30.5 Å². The number of hydrogen-bond acceptors (Lipinski definition) is 9. The zero-order valence-electron chi connectivity index (χ0n) is 21.8. The van der Waals surface area contributed by atoms with Gasteiger partial charge in [-0.05, 0) is 11.1 Å². The number of rotatable bonds is 6. The van der Waals surface area contributed by atoms with Crippen LogP contribution in [0.25, 0.3) is 0 Å². The van der Waals surface area contributed by atoms with Crippen molar-refractivity contribution in [3.05, 3.63) is 71.8 Å².